The molecule has 1 N–H and O–H groups in total. The minimum absolute atomic E-state index is 0.564. The van der Waals surface area contributed by atoms with Gasteiger partial charge in [-0.3, -0.25) is 9.88 Å². The number of hydrogen-bond donors (Lipinski definition) is 1. The molecule has 0 aliphatic carbocycles. The maximum atomic E-state index is 5.99. The number of rotatable bonds is 9. The molecule has 0 saturated carbocycles. The molecule has 186 valence electrons. The molecule has 9 heteroatoms. The number of fused-ring (bicyclic) bond motifs is 1. The standard InChI is InChI=1S/C27H30N6O3/c1-19-14-21(5-7-25(19)36-22-6-4-20(2)28-16-22)32-27-23-15-26(29-17-24(23)30-18-31-27)35-11-3-8-33-9-12-34-13-10-33/h4-7,14-18H,3,8-13H2,1-2H3,(H,30,31,32). The van der Waals surface area contributed by atoms with Crippen molar-refractivity contribution in [1.82, 2.24) is 24.8 Å². The van der Waals surface area contributed by atoms with Crippen molar-refractivity contribution in [1.29, 1.82) is 0 Å². The third-order valence-corrected chi connectivity index (χ3v) is 6.02. The van der Waals surface area contributed by atoms with Crippen molar-refractivity contribution in [2.75, 3.05) is 44.8 Å². The van der Waals surface area contributed by atoms with E-state index in [2.05, 4.69) is 30.2 Å². The van der Waals surface area contributed by atoms with Gasteiger partial charge < -0.3 is 19.5 Å². The maximum absolute atomic E-state index is 5.99. The lowest BCUT2D eigenvalue weighted by atomic mass is 10.2. The number of hydrogen-bond acceptors (Lipinski definition) is 9. The van der Waals surface area contributed by atoms with Crippen LogP contribution in [0.5, 0.6) is 17.4 Å². The van der Waals surface area contributed by atoms with Gasteiger partial charge in [-0.2, -0.15) is 0 Å². The second kappa shape index (κ2) is 11.3. The summed E-state index contributed by atoms with van der Waals surface area (Å²) in [6.07, 6.45) is 5.91. The number of aromatic nitrogens is 4. The second-order valence-electron chi connectivity index (χ2n) is 8.76. The summed E-state index contributed by atoms with van der Waals surface area (Å²) < 4.78 is 17.3. The summed E-state index contributed by atoms with van der Waals surface area (Å²) in [5.74, 6) is 2.73. The lowest BCUT2D eigenvalue weighted by Gasteiger charge is -2.26. The van der Waals surface area contributed by atoms with Crippen molar-refractivity contribution in [2.45, 2.75) is 20.3 Å². The Hall–Kier alpha value is -3.82. The van der Waals surface area contributed by atoms with Gasteiger partial charge in [0, 0.05) is 42.5 Å². The first-order chi connectivity index (χ1) is 17.6. The highest BCUT2D eigenvalue weighted by Crippen LogP contribution is 2.30. The minimum Gasteiger partial charge on any atom is -0.478 e. The number of benzene rings is 1. The first-order valence-corrected chi connectivity index (χ1v) is 12.2. The Balaban J connectivity index is 1.25. The fraction of sp³-hybridized carbons (Fsp3) is 0.333. The lowest BCUT2D eigenvalue weighted by Crippen LogP contribution is -2.37. The van der Waals surface area contributed by atoms with E-state index in [9.17, 15) is 0 Å². The number of nitrogens with one attached hydrogen (secondary N) is 1. The van der Waals surface area contributed by atoms with Crippen molar-refractivity contribution in [3.05, 3.63) is 66.4 Å². The van der Waals surface area contributed by atoms with E-state index in [-0.39, 0.29) is 0 Å². The van der Waals surface area contributed by atoms with E-state index < -0.39 is 0 Å². The number of ether oxygens (including phenoxy) is 3. The molecular formula is C27H30N6O3. The molecule has 0 atom stereocenters. The van der Waals surface area contributed by atoms with Gasteiger partial charge in [0.25, 0.3) is 0 Å². The van der Waals surface area contributed by atoms with Crippen LogP contribution in [0.15, 0.2) is 55.1 Å². The summed E-state index contributed by atoms with van der Waals surface area (Å²) in [7, 11) is 0. The van der Waals surface area contributed by atoms with Crippen LogP contribution >= 0.6 is 0 Å². The quantitative estimate of drug-likeness (QED) is 0.339. The van der Waals surface area contributed by atoms with Crippen LogP contribution in [0.25, 0.3) is 10.9 Å². The molecule has 1 fully saturated rings. The van der Waals surface area contributed by atoms with Crippen molar-refractivity contribution in [2.24, 2.45) is 0 Å². The topological polar surface area (TPSA) is 94.5 Å². The van der Waals surface area contributed by atoms with Gasteiger partial charge in [-0.25, -0.2) is 15.0 Å². The summed E-state index contributed by atoms with van der Waals surface area (Å²) in [6, 6.07) is 11.7. The van der Waals surface area contributed by atoms with Gasteiger partial charge in [0.2, 0.25) is 5.88 Å². The third kappa shape index (κ3) is 6.05. The Bertz CT molecular complexity index is 1310. The summed E-state index contributed by atoms with van der Waals surface area (Å²) in [6.45, 7) is 9.13. The highest BCUT2D eigenvalue weighted by atomic mass is 16.5. The van der Waals surface area contributed by atoms with Gasteiger partial charge in [-0.1, -0.05) is 0 Å². The van der Waals surface area contributed by atoms with Crippen LogP contribution < -0.4 is 14.8 Å². The van der Waals surface area contributed by atoms with Crippen LogP contribution in [0.1, 0.15) is 17.7 Å². The van der Waals surface area contributed by atoms with E-state index in [1.165, 1.54) is 6.33 Å². The summed E-state index contributed by atoms with van der Waals surface area (Å²) in [4.78, 5) is 19.9. The molecule has 5 rings (SSSR count). The molecule has 4 heterocycles. The van der Waals surface area contributed by atoms with Crippen LogP contribution in [-0.2, 0) is 4.74 Å². The van der Waals surface area contributed by atoms with Gasteiger partial charge in [0.15, 0.2) is 0 Å². The summed E-state index contributed by atoms with van der Waals surface area (Å²) in [5, 5.41) is 4.25. The fourth-order valence-corrected chi connectivity index (χ4v) is 4.03. The van der Waals surface area contributed by atoms with Gasteiger partial charge in [0.1, 0.15) is 23.6 Å². The van der Waals surface area contributed by atoms with Crippen LogP contribution in [0, 0.1) is 13.8 Å². The number of anilines is 2. The van der Waals surface area contributed by atoms with E-state index in [0.717, 1.165) is 72.9 Å². The van der Waals surface area contributed by atoms with Crippen molar-refractivity contribution in [3.8, 4) is 17.4 Å². The molecule has 36 heavy (non-hydrogen) atoms. The van der Waals surface area contributed by atoms with E-state index in [0.29, 0.717) is 24.1 Å². The summed E-state index contributed by atoms with van der Waals surface area (Å²) >= 11 is 0. The monoisotopic (exact) mass is 486 g/mol. The van der Waals surface area contributed by atoms with Gasteiger partial charge >= 0.3 is 0 Å². The number of nitrogens with zero attached hydrogens (tertiary/aromatic N) is 5. The molecule has 0 spiro atoms. The molecule has 0 unspecified atom stereocenters. The van der Waals surface area contributed by atoms with Gasteiger partial charge in [0.05, 0.1) is 37.7 Å². The van der Waals surface area contributed by atoms with Gasteiger partial charge in [-0.15, -0.1) is 0 Å². The predicted octanol–water partition coefficient (Wildman–Crippen LogP) is 4.67. The Morgan fingerprint density at radius 2 is 1.86 bits per heavy atom. The summed E-state index contributed by atoms with van der Waals surface area (Å²) in [5.41, 5.74) is 3.58. The highest BCUT2D eigenvalue weighted by Gasteiger charge is 2.11. The molecule has 9 nitrogen and oxygen atoms in total. The number of aryl methyl sites for hydroxylation is 2. The Morgan fingerprint density at radius 1 is 0.972 bits per heavy atom. The van der Waals surface area contributed by atoms with Gasteiger partial charge in [-0.05, 0) is 56.2 Å². The fourth-order valence-electron chi connectivity index (χ4n) is 4.03. The molecule has 1 aliphatic rings. The minimum atomic E-state index is 0.564. The van der Waals surface area contributed by atoms with Crippen LogP contribution in [0.3, 0.4) is 0 Å². The Labute approximate surface area is 210 Å². The van der Waals surface area contributed by atoms with Crippen molar-refractivity contribution >= 4 is 22.4 Å². The second-order valence-corrected chi connectivity index (χ2v) is 8.76. The first kappa shape index (κ1) is 23.9. The Kier molecular flexibility index (Phi) is 7.49. The molecule has 1 aromatic carbocycles. The van der Waals surface area contributed by atoms with E-state index in [1.807, 2.05) is 50.2 Å². The number of morpholine rings is 1. The van der Waals surface area contributed by atoms with E-state index in [4.69, 9.17) is 14.2 Å². The molecule has 1 aliphatic heterocycles. The van der Waals surface area contributed by atoms with Crippen molar-refractivity contribution < 1.29 is 14.2 Å². The molecule has 4 aromatic rings. The highest BCUT2D eigenvalue weighted by molar-refractivity contribution is 5.90. The van der Waals surface area contributed by atoms with Crippen molar-refractivity contribution in [3.63, 3.8) is 0 Å². The zero-order valence-corrected chi connectivity index (χ0v) is 20.6. The average Bonchev–Trinajstić information content (AvgIpc) is 2.90. The zero-order chi connectivity index (χ0) is 24.7. The molecular weight excluding hydrogens is 456 g/mol. The maximum Gasteiger partial charge on any atom is 0.214 e. The SMILES string of the molecule is Cc1ccc(Oc2ccc(Nc3ncnc4cnc(OCCCN5CCOCC5)cc34)cc2C)cn1. The van der Waals surface area contributed by atoms with E-state index >= 15 is 0 Å². The largest absolute Gasteiger partial charge is 0.478 e. The average molecular weight is 487 g/mol. The number of pyridine rings is 2. The first-order valence-electron chi connectivity index (χ1n) is 12.2. The molecule has 0 amide bonds. The Morgan fingerprint density at radius 3 is 2.67 bits per heavy atom. The van der Waals surface area contributed by atoms with Crippen LogP contribution in [-0.4, -0.2) is 64.3 Å². The zero-order valence-electron chi connectivity index (χ0n) is 20.6. The van der Waals surface area contributed by atoms with Crippen LogP contribution in [0.4, 0.5) is 11.5 Å². The smallest absolute Gasteiger partial charge is 0.214 e. The third-order valence-electron chi connectivity index (χ3n) is 6.02. The lowest BCUT2D eigenvalue weighted by molar-refractivity contribution is 0.0357. The molecule has 0 bridgehead atoms. The molecule has 1 saturated heterocycles. The predicted molar refractivity (Wildman–Crippen MR) is 138 cm³/mol. The normalized spacial score (nSPS) is 14.1. The molecule has 3 aromatic heterocycles. The van der Waals surface area contributed by atoms with E-state index in [1.54, 1.807) is 12.4 Å². The molecule has 0 radical (unpaired) electrons. The van der Waals surface area contributed by atoms with Crippen LogP contribution in [0.2, 0.25) is 0 Å².